The predicted octanol–water partition coefficient (Wildman–Crippen LogP) is 2.39. The number of nitrogens with one attached hydrogen (secondary N) is 1. The summed E-state index contributed by atoms with van der Waals surface area (Å²) in [4.78, 5) is 16.0. The average Bonchev–Trinajstić information content (AvgIpc) is 2.64. The number of carbonyl (C=O) groups excluding carboxylic acids is 1. The van der Waals surface area contributed by atoms with Gasteiger partial charge in [0.1, 0.15) is 5.82 Å². The summed E-state index contributed by atoms with van der Waals surface area (Å²) in [6.07, 6.45) is 5.62. The van der Waals surface area contributed by atoms with Gasteiger partial charge < -0.3 is 10.2 Å². The number of hydrogen-bond acceptors (Lipinski definition) is 3. The second-order valence-corrected chi connectivity index (χ2v) is 7.11. The molecule has 0 aliphatic carbocycles. The first-order valence-corrected chi connectivity index (χ1v) is 9.10. The molecule has 4 nitrogen and oxygen atoms in total. The Balaban J connectivity index is 1.73. The van der Waals surface area contributed by atoms with Crippen molar-refractivity contribution < 1.29 is 9.18 Å². The van der Waals surface area contributed by atoms with Gasteiger partial charge in [-0.15, -0.1) is 0 Å². The van der Waals surface area contributed by atoms with Crippen LogP contribution >= 0.6 is 0 Å². The van der Waals surface area contributed by atoms with E-state index in [0.29, 0.717) is 0 Å². The number of rotatable bonds is 5. The Kier molecular flexibility index (Phi) is 5.51. The molecular weight excluding hydrogens is 305 g/mol. The fourth-order valence-corrected chi connectivity index (χ4v) is 4.28. The lowest BCUT2D eigenvalue weighted by Crippen LogP contribution is -2.68. The lowest BCUT2D eigenvalue weighted by atomic mass is 9.78. The smallest absolute Gasteiger partial charge is 0.210 e. The minimum atomic E-state index is -0.196. The highest BCUT2D eigenvalue weighted by molar-refractivity contribution is 5.49. The van der Waals surface area contributed by atoms with Crippen LogP contribution in [0.2, 0.25) is 0 Å². The Labute approximate surface area is 144 Å². The van der Waals surface area contributed by atoms with Gasteiger partial charge in [0.15, 0.2) is 0 Å². The normalized spacial score (nSPS) is 28.8. The maximum absolute atomic E-state index is 13.1. The molecule has 132 valence electrons. The minimum absolute atomic E-state index is 0.0284. The third kappa shape index (κ3) is 3.62. The number of nitrogens with zero attached hydrogens (tertiary/aromatic N) is 2. The molecule has 2 fully saturated rings. The minimum Gasteiger partial charge on any atom is -0.338 e. The van der Waals surface area contributed by atoms with Crippen molar-refractivity contribution in [3.05, 3.63) is 35.6 Å². The molecule has 1 aromatic rings. The quantitative estimate of drug-likeness (QED) is 0.841. The van der Waals surface area contributed by atoms with Gasteiger partial charge in [-0.3, -0.25) is 9.69 Å². The molecular formula is C19H28FN3O. The molecule has 0 aromatic heterocycles. The molecule has 1 amide bonds. The van der Waals surface area contributed by atoms with E-state index >= 15 is 0 Å². The van der Waals surface area contributed by atoms with Crippen molar-refractivity contribution in [1.82, 2.24) is 15.1 Å². The maximum Gasteiger partial charge on any atom is 0.210 e. The fourth-order valence-electron chi connectivity index (χ4n) is 4.28. The number of halogens is 1. The second kappa shape index (κ2) is 7.62. The van der Waals surface area contributed by atoms with Crippen LogP contribution in [0.4, 0.5) is 4.39 Å². The third-order valence-electron chi connectivity index (χ3n) is 5.76. The fraction of sp³-hybridized carbons (Fsp3) is 0.632. The lowest BCUT2D eigenvalue weighted by Gasteiger charge is -2.51. The van der Waals surface area contributed by atoms with Gasteiger partial charge in [-0.05, 0) is 43.5 Å². The summed E-state index contributed by atoms with van der Waals surface area (Å²) in [5, 5.41) is 3.73. The van der Waals surface area contributed by atoms with Crippen LogP contribution < -0.4 is 5.32 Å². The summed E-state index contributed by atoms with van der Waals surface area (Å²) in [5.74, 6) is -0.196. The van der Waals surface area contributed by atoms with Gasteiger partial charge in [-0.2, -0.15) is 0 Å². The van der Waals surface area contributed by atoms with Crippen molar-refractivity contribution in [2.45, 2.75) is 50.7 Å². The molecule has 2 heterocycles. The number of benzene rings is 1. The summed E-state index contributed by atoms with van der Waals surface area (Å²) < 4.78 is 13.1. The number of piperidine rings is 1. The molecule has 1 unspecified atom stereocenters. The monoisotopic (exact) mass is 333 g/mol. The number of hydrogen-bond donors (Lipinski definition) is 1. The van der Waals surface area contributed by atoms with Crippen molar-refractivity contribution >= 4 is 6.41 Å². The molecule has 2 saturated heterocycles. The van der Waals surface area contributed by atoms with E-state index in [-0.39, 0.29) is 17.4 Å². The largest absolute Gasteiger partial charge is 0.338 e. The highest BCUT2D eigenvalue weighted by Gasteiger charge is 2.43. The first kappa shape index (κ1) is 17.4. The molecule has 2 aliphatic rings. The highest BCUT2D eigenvalue weighted by Crippen LogP contribution is 2.31. The van der Waals surface area contributed by atoms with E-state index in [9.17, 15) is 9.18 Å². The van der Waals surface area contributed by atoms with E-state index in [1.165, 1.54) is 25.0 Å². The zero-order chi connectivity index (χ0) is 17.0. The molecule has 24 heavy (non-hydrogen) atoms. The van der Waals surface area contributed by atoms with Gasteiger partial charge in [-0.25, -0.2) is 4.39 Å². The zero-order valence-electron chi connectivity index (χ0n) is 14.5. The molecule has 0 radical (unpaired) electrons. The maximum atomic E-state index is 13.1. The Bertz CT molecular complexity index is 542. The third-order valence-corrected chi connectivity index (χ3v) is 5.76. The van der Waals surface area contributed by atoms with E-state index in [1.54, 1.807) is 0 Å². The Hall–Kier alpha value is -1.46. The summed E-state index contributed by atoms with van der Waals surface area (Å²) in [6, 6.07) is 6.94. The van der Waals surface area contributed by atoms with Crippen LogP contribution in [0.3, 0.4) is 0 Å². The molecule has 2 aliphatic heterocycles. The van der Waals surface area contributed by atoms with Gasteiger partial charge in [0.25, 0.3) is 0 Å². The summed E-state index contributed by atoms with van der Waals surface area (Å²) in [7, 11) is 0. The molecule has 3 rings (SSSR count). The molecule has 1 N–H and O–H groups in total. The van der Waals surface area contributed by atoms with Crippen LogP contribution in [0, 0.1) is 5.82 Å². The Morgan fingerprint density at radius 1 is 1.29 bits per heavy atom. The Morgan fingerprint density at radius 2 is 2.08 bits per heavy atom. The second-order valence-electron chi connectivity index (χ2n) is 7.11. The number of carbonyl (C=O) groups is 1. The van der Waals surface area contributed by atoms with Crippen LogP contribution in [0.15, 0.2) is 24.3 Å². The van der Waals surface area contributed by atoms with Gasteiger partial charge in [0.05, 0.1) is 6.04 Å². The Morgan fingerprint density at radius 3 is 2.71 bits per heavy atom. The first-order valence-electron chi connectivity index (χ1n) is 9.10. The van der Waals surface area contributed by atoms with Crippen molar-refractivity contribution in [2.24, 2.45) is 0 Å². The molecule has 2 atom stereocenters. The summed E-state index contributed by atoms with van der Waals surface area (Å²) >= 11 is 0. The van der Waals surface area contributed by atoms with Crippen LogP contribution in [-0.4, -0.2) is 54.0 Å². The van der Waals surface area contributed by atoms with E-state index in [1.807, 2.05) is 17.0 Å². The van der Waals surface area contributed by atoms with Crippen LogP contribution in [0.5, 0.6) is 0 Å². The van der Waals surface area contributed by atoms with E-state index < -0.39 is 0 Å². The lowest BCUT2D eigenvalue weighted by molar-refractivity contribution is -0.126. The van der Waals surface area contributed by atoms with Crippen LogP contribution in [0.25, 0.3) is 0 Å². The van der Waals surface area contributed by atoms with Crippen molar-refractivity contribution in [1.29, 1.82) is 0 Å². The molecule has 1 aromatic carbocycles. The molecule has 0 saturated carbocycles. The summed E-state index contributed by atoms with van der Waals surface area (Å²) in [6.45, 7) is 6.57. The first-order chi connectivity index (χ1) is 11.7. The SMILES string of the molecule is CC[C@@]1(C2CN(Cc3ccc(F)cc3)CCN2C=O)CCCCN1. The van der Waals surface area contributed by atoms with E-state index in [4.69, 9.17) is 0 Å². The van der Waals surface area contributed by atoms with E-state index in [0.717, 1.165) is 57.5 Å². The van der Waals surface area contributed by atoms with Gasteiger partial charge in [0, 0.05) is 31.7 Å². The van der Waals surface area contributed by atoms with Gasteiger partial charge in [0.2, 0.25) is 6.41 Å². The molecule has 5 heteroatoms. The van der Waals surface area contributed by atoms with Crippen molar-refractivity contribution in [3.63, 3.8) is 0 Å². The van der Waals surface area contributed by atoms with Crippen LogP contribution in [-0.2, 0) is 11.3 Å². The van der Waals surface area contributed by atoms with Crippen molar-refractivity contribution in [2.75, 3.05) is 26.2 Å². The highest BCUT2D eigenvalue weighted by atomic mass is 19.1. The molecule has 0 bridgehead atoms. The zero-order valence-corrected chi connectivity index (χ0v) is 14.5. The molecule has 0 spiro atoms. The van der Waals surface area contributed by atoms with Gasteiger partial charge in [-0.1, -0.05) is 25.5 Å². The number of amides is 1. The average molecular weight is 333 g/mol. The number of piperazine rings is 1. The van der Waals surface area contributed by atoms with E-state index in [2.05, 4.69) is 17.1 Å². The predicted molar refractivity (Wildman–Crippen MR) is 93.1 cm³/mol. The van der Waals surface area contributed by atoms with Gasteiger partial charge >= 0.3 is 0 Å². The van der Waals surface area contributed by atoms with Crippen LogP contribution in [0.1, 0.15) is 38.2 Å². The standard InChI is InChI=1S/C19H28FN3O/c1-2-19(9-3-4-10-21-19)18-14-22(11-12-23(18)15-24)13-16-5-7-17(20)8-6-16/h5-8,15,18,21H,2-4,9-14H2,1H3/t18?,19-/m0/s1. The summed E-state index contributed by atoms with van der Waals surface area (Å²) in [5.41, 5.74) is 1.15. The topological polar surface area (TPSA) is 35.6 Å². The van der Waals surface area contributed by atoms with Crippen molar-refractivity contribution in [3.8, 4) is 0 Å².